The maximum absolute atomic E-state index is 12.9. The van der Waals surface area contributed by atoms with Crippen LogP contribution in [0, 0.1) is 13.8 Å². The molecule has 116 valence electrons. The molecule has 22 heavy (non-hydrogen) atoms. The van der Waals surface area contributed by atoms with Crippen molar-refractivity contribution in [2.45, 2.75) is 26.9 Å². The molecule has 0 aliphatic heterocycles. The van der Waals surface area contributed by atoms with Crippen molar-refractivity contribution in [1.82, 2.24) is 4.98 Å². The van der Waals surface area contributed by atoms with Crippen LogP contribution in [0.3, 0.4) is 0 Å². The SMILES string of the molecule is C=C(C)Nc1ncc(-c2cc(C(F)(F)F)ccc2C)cc1C. The molecule has 0 atom stereocenters. The number of nitrogens with one attached hydrogen (secondary N) is 1. The zero-order valence-corrected chi connectivity index (χ0v) is 12.7. The van der Waals surface area contributed by atoms with E-state index in [2.05, 4.69) is 16.9 Å². The van der Waals surface area contributed by atoms with Gasteiger partial charge in [0.2, 0.25) is 0 Å². The number of rotatable bonds is 3. The van der Waals surface area contributed by atoms with E-state index in [1.54, 1.807) is 13.1 Å². The van der Waals surface area contributed by atoms with Gasteiger partial charge in [-0.25, -0.2) is 4.98 Å². The lowest BCUT2D eigenvalue weighted by Crippen LogP contribution is -2.05. The summed E-state index contributed by atoms with van der Waals surface area (Å²) in [5, 5.41) is 3.02. The van der Waals surface area contributed by atoms with Gasteiger partial charge in [0.25, 0.3) is 0 Å². The number of anilines is 1. The predicted molar refractivity (Wildman–Crippen MR) is 82.6 cm³/mol. The van der Waals surface area contributed by atoms with Gasteiger partial charge in [0.15, 0.2) is 0 Å². The Bertz CT molecular complexity index is 718. The minimum absolute atomic E-state index is 0.535. The van der Waals surface area contributed by atoms with Crippen molar-refractivity contribution in [2.24, 2.45) is 0 Å². The maximum Gasteiger partial charge on any atom is 0.416 e. The highest BCUT2D eigenvalue weighted by atomic mass is 19.4. The van der Waals surface area contributed by atoms with E-state index in [4.69, 9.17) is 0 Å². The fraction of sp³-hybridized carbons (Fsp3) is 0.235. The zero-order valence-electron chi connectivity index (χ0n) is 12.7. The van der Waals surface area contributed by atoms with E-state index in [1.165, 1.54) is 6.07 Å². The number of allylic oxidation sites excluding steroid dienone is 1. The molecule has 1 aromatic heterocycles. The summed E-state index contributed by atoms with van der Waals surface area (Å²) in [7, 11) is 0. The quantitative estimate of drug-likeness (QED) is 0.829. The molecule has 0 saturated heterocycles. The average Bonchev–Trinajstić information content (AvgIpc) is 2.40. The zero-order chi connectivity index (χ0) is 16.5. The molecule has 2 rings (SSSR count). The summed E-state index contributed by atoms with van der Waals surface area (Å²) in [5.74, 6) is 0.654. The molecule has 0 unspecified atom stereocenters. The Morgan fingerprint density at radius 3 is 2.36 bits per heavy atom. The highest BCUT2D eigenvalue weighted by molar-refractivity contribution is 5.70. The van der Waals surface area contributed by atoms with E-state index in [0.717, 1.165) is 29.0 Å². The van der Waals surface area contributed by atoms with Crippen molar-refractivity contribution in [2.75, 3.05) is 5.32 Å². The fourth-order valence-corrected chi connectivity index (χ4v) is 2.16. The van der Waals surface area contributed by atoms with Crippen LogP contribution in [0.5, 0.6) is 0 Å². The van der Waals surface area contributed by atoms with Gasteiger partial charge in [0, 0.05) is 17.5 Å². The molecule has 0 saturated carbocycles. The maximum atomic E-state index is 12.9. The number of nitrogens with zero attached hydrogens (tertiary/aromatic N) is 1. The molecule has 5 heteroatoms. The van der Waals surface area contributed by atoms with Crippen molar-refractivity contribution < 1.29 is 13.2 Å². The van der Waals surface area contributed by atoms with Crippen molar-refractivity contribution in [3.63, 3.8) is 0 Å². The van der Waals surface area contributed by atoms with Crippen molar-refractivity contribution in [1.29, 1.82) is 0 Å². The van der Waals surface area contributed by atoms with Crippen LogP contribution in [0.2, 0.25) is 0 Å². The first kappa shape index (κ1) is 16.1. The number of halogens is 3. The summed E-state index contributed by atoms with van der Waals surface area (Å²) in [6.45, 7) is 9.19. The first-order valence-electron chi connectivity index (χ1n) is 6.76. The Hall–Kier alpha value is -2.30. The molecule has 0 aliphatic rings. The number of benzene rings is 1. The summed E-state index contributed by atoms with van der Waals surface area (Å²) in [5.41, 5.74) is 2.90. The Morgan fingerprint density at radius 2 is 1.82 bits per heavy atom. The van der Waals surface area contributed by atoms with E-state index in [0.29, 0.717) is 16.9 Å². The Balaban J connectivity index is 2.48. The number of pyridine rings is 1. The van der Waals surface area contributed by atoms with Gasteiger partial charge in [-0.15, -0.1) is 0 Å². The van der Waals surface area contributed by atoms with E-state index in [9.17, 15) is 13.2 Å². The molecule has 0 radical (unpaired) electrons. The smallest absolute Gasteiger partial charge is 0.344 e. The van der Waals surface area contributed by atoms with Crippen LogP contribution in [0.1, 0.15) is 23.6 Å². The van der Waals surface area contributed by atoms with Crippen LogP contribution in [-0.4, -0.2) is 4.98 Å². The Labute approximate surface area is 127 Å². The first-order valence-corrected chi connectivity index (χ1v) is 6.76. The minimum Gasteiger partial charge on any atom is -0.344 e. The molecule has 1 N–H and O–H groups in total. The number of hydrogen-bond acceptors (Lipinski definition) is 2. The average molecular weight is 306 g/mol. The molecule has 0 bridgehead atoms. The standard InChI is InChI=1S/C17H17F3N2/c1-10(2)22-16-12(4)7-13(9-21-16)15-8-14(17(18,19)20)6-5-11(15)3/h5-9H,1H2,2-4H3,(H,21,22). The lowest BCUT2D eigenvalue weighted by molar-refractivity contribution is -0.137. The van der Waals surface area contributed by atoms with E-state index >= 15 is 0 Å². The molecule has 0 aliphatic carbocycles. The number of alkyl halides is 3. The molecular formula is C17H17F3N2. The van der Waals surface area contributed by atoms with Gasteiger partial charge in [0.1, 0.15) is 5.82 Å². The highest BCUT2D eigenvalue weighted by Crippen LogP contribution is 2.34. The summed E-state index contributed by atoms with van der Waals surface area (Å²) >= 11 is 0. The molecule has 2 aromatic rings. The van der Waals surface area contributed by atoms with Crippen molar-refractivity contribution in [3.05, 3.63) is 59.4 Å². The lowest BCUT2D eigenvalue weighted by atomic mass is 9.98. The Kier molecular flexibility index (Phi) is 4.26. The fourth-order valence-electron chi connectivity index (χ4n) is 2.16. The molecule has 0 fully saturated rings. The number of aryl methyl sites for hydroxylation is 2. The predicted octanol–water partition coefficient (Wildman–Crippen LogP) is 5.33. The van der Waals surface area contributed by atoms with Gasteiger partial charge in [0.05, 0.1) is 5.56 Å². The van der Waals surface area contributed by atoms with Crippen LogP contribution in [0.4, 0.5) is 19.0 Å². The number of hydrogen-bond donors (Lipinski definition) is 1. The third-order valence-electron chi connectivity index (χ3n) is 3.29. The van der Waals surface area contributed by atoms with Gasteiger partial charge in [-0.1, -0.05) is 12.6 Å². The highest BCUT2D eigenvalue weighted by Gasteiger charge is 2.30. The van der Waals surface area contributed by atoms with Gasteiger partial charge in [-0.2, -0.15) is 13.2 Å². The normalized spacial score (nSPS) is 11.4. The van der Waals surface area contributed by atoms with Crippen molar-refractivity contribution in [3.8, 4) is 11.1 Å². The van der Waals surface area contributed by atoms with Crippen LogP contribution in [-0.2, 0) is 6.18 Å². The summed E-state index contributed by atoms with van der Waals surface area (Å²) in [6.07, 6.45) is -2.78. The largest absolute Gasteiger partial charge is 0.416 e. The lowest BCUT2D eigenvalue weighted by Gasteiger charge is -2.13. The van der Waals surface area contributed by atoms with Gasteiger partial charge < -0.3 is 5.32 Å². The van der Waals surface area contributed by atoms with Crippen LogP contribution in [0.15, 0.2) is 42.7 Å². The van der Waals surface area contributed by atoms with E-state index in [-0.39, 0.29) is 0 Å². The number of aromatic nitrogens is 1. The third-order valence-corrected chi connectivity index (χ3v) is 3.29. The third kappa shape index (κ3) is 3.47. The first-order chi connectivity index (χ1) is 10.2. The van der Waals surface area contributed by atoms with E-state index in [1.807, 2.05) is 19.9 Å². The Morgan fingerprint density at radius 1 is 1.14 bits per heavy atom. The second kappa shape index (κ2) is 5.83. The van der Waals surface area contributed by atoms with E-state index < -0.39 is 11.7 Å². The summed E-state index contributed by atoms with van der Waals surface area (Å²) in [6, 6.07) is 5.56. The molecule has 0 amide bonds. The van der Waals surface area contributed by atoms with Crippen LogP contribution < -0.4 is 5.32 Å². The van der Waals surface area contributed by atoms with Gasteiger partial charge in [-0.05, 0) is 55.7 Å². The van der Waals surface area contributed by atoms with Gasteiger partial charge in [-0.3, -0.25) is 0 Å². The topological polar surface area (TPSA) is 24.9 Å². The monoisotopic (exact) mass is 306 g/mol. The second-order valence-corrected chi connectivity index (χ2v) is 5.32. The van der Waals surface area contributed by atoms with Crippen LogP contribution >= 0.6 is 0 Å². The molecule has 1 aromatic carbocycles. The van der Waals surface area contributed by atoms with Crippen LogP contribution in [0.25, 0.3) is 11.1 Å². The molecule has 2 nitrogen and oxygen atoms in total. The minimum atomic E-state index is -4.35. The van der Waals surface area contributed by atoms with Gasteiger partial charge >= 0.3 is 6.18 Å². The summed E-state index contributed by atoms with van der Waals surface area (Å²) < 4.78 is 38.6. The molecule has 0 spiro atoms. The second-order valence-electron chi connectivity index (χ2n) is 5.32. The molecule has 1 heterocycles. The summed E-state index contributed by atoms with van der Waals surface area (Å²) in [4.78, 5) is 4.27. The van der Waals surface area contributed by atoms with Crippen molar-refractivity contribution >= 4 is 5.82 Å². The molecular weight excluding hydrogens is 289 g/mol.